The van der Waals surface area contributed by atoms with E-state index in [0.717, 1.165) is 30.9 Å². The minimum absolute atomic E-state index is 0.0288. The summed E-state index contributed by atoms with van der Waals surface area (Å²) in [6, 6.07) is 9.39. The number of carbonyl (C=O) groups excluding carboxylic acids is 1. The molecule has 0 saturated carbocycles. The summed E-state index contributed by atoms with van der Waals surface area (Å²) >= 11 is 0. The van der Waals surface area contributed by atoms with E-state index < -0.39 is 11.9 Å². The third kappa shape index (κ3) is 5.13. The molecule has 1 saturated heterocycles. The van der Waals surface area contributed by atoms with E-state index >= 15 is 0 Å². The molecule has 1 amide bonds. The average molecular weight is 395 g/mol. The van der Waals surface area contributed by atoms with Crippen LogP contribution >= 0.6 is 0 Å². The van der Waals surface area contributed by atoms with Gasteiger partial charge in [0.25, 0.3) is 0 Å². The number of halogens is 3. The predicted octanol–water partition coefficient (Wildman–Crippen LogP) is 3.23. The number of aromatic nitrogens is 1. The monoisotopic (exact) mass is 395 g/mol. The largest absolute Gasteiger partial charge is 0.456 e. The molecule has 0 spiro atoms. The van der Waals surface area contributed by atoms with Crippen molar-refractivity contribution in [3.63, 3.8) is 0 Å². The maximum Gasteiger partial charge on any atom is 0.433 e. The molecule has 0 bridgehead atoms. The van der Waals surface area contributed by atoms with Gasteiger partial charge in [0.1, 0.15) is 23.8 Å². The van der Waals surface area contributed by atoms with Crippen LogP contribution in [0.1, 0.15) is 12.1 Å². The fourth-order valence-electron chi connectivity index (χ4n) is 3.00. The van der Waals surface area contributed by atoms with Gasteiger partial charge in [-0.15, -0.1) is 0 Å². The Labute approximate surface area is 160 Å². The number of rotatable bonds is 6. The number of methoxy groups -OCH3 is 1. The molecular formula is C19H20F3N3O3. The van der Waals surface area contributed by atoms with E-state index in [1.165, 1.54) is 13.2 Å². The third-order valence-electron chi connectivity index (χ3n) is 4.27. The van der Waals surface area contributed by atoms with E-state index in [1.54, 1.807) is 18.2 Å². The van der Waals surface area contributed by atoms with Crippen molar-refractivity contribution in [2.24, 2.45) is 0 Å². The average Bonchev–Trinajstić information content (AvgIpc) is 3.10. The van der Waals surface area contributed by atoms with Crippen LogP contribution in [-0.4, -0.2) is 43.7 Å². The molecule has 1 aliphatic heterocycles. The summed E-state index contributed by atoms with van der Waals surface area (Å²) in [4.78, 5) is 17.1. The zero-order valence-corrected chi connectivity index (χ0v) is 15.2. The van der Waals surface area contributed by atoms with Gasteiger partial charge in [-0.05, 0) is 30.7 Å². The second-order valence-corrected chi connectivity index (χ2v) is 6.41. The smallest absolute Gasteiger partial charge is 0.433 e. The highest BCUT2D eigenvalue weighted by Gasteiger charge is 2.32. The molecular weight excluding hydrogens is 375 g/mol. The van der Waals surface area contributed by atoms with Crippen LogP contribution in [0.5, 0.6) is 11.5 Å². The first-order chi connectivity index (χ1) is 13.3. The Morgan fingerprint density at radius 1 is 1.29 bits per heavy atom. The number of nitrogens with one attached hydrogen (secondary N) is 1. The predicted molar refractivity (Wildman–Crippen MR) is 96.4 cm³/mol. The molecule has 28 heavy (non-hydrogen) atoms. The number of nitrogens with zero attached hydrogens (tertiary/aromatic N) is 2. The topological polar surface area (TPSA) is 63.7 Å². The number of alkyl halides is 3. The highest BCUT2D eigenvalue weighted by molar-refractivity contribution is 5.77. The van der Waals surface area contributed by atoms with Gasteiger partial charge in [0, 0.05) is 38.0 Å². The summed E-state index contributed by atoms with van der Waals surface area (Å²) in [6.07, 6.45) is -2.63. The summed E-state index contributed by atoms with van der Waals surface area (Å²) in [5.41, 5.74) is -0.0620. The van der Waals surface area contributed by atoms with Crippen LogP contribution < -0.4 is 15.0 Å². The van der Waals surface area contributed by atoms with Gasteiger partial charge in [0.05, 0.1) is 6.20 Å². The van der Waals surface area contributed by atoms with Crippen LogP contribution in [0.4, 0.5) is 18.9 Å². The van der Waals surface area contributed by atoms with Crippen molar-refractivity contribution in [3.8, 4) is 11.5 Å². The molecule has 3 rings (SSSR count). The number of anilines is 1. The van der Waals surface area contributed by atoms with Crippen molar-refractivity contribution in [1.29, 1.82) is 0 Å². The number of carbonyl (C=O) groups is 1. The Kier molecular flexibility index (Phi) is 6.03. The van der Waals surface area contributed by atoms with Gasteiger partial charge in [-0.2, -0.15) is 13.2 Å². The first kappa shape index (κ1) is 19.9. The number of pyridine rings is 1. The zero-order valence-electron chi connectivity index (χ0n) is 15.2. The highest BCUT2D eigenvalue weighted by atomic mass is 19.4. The van der Waals surface area contributed by atoms with Gasteiger partial charge < -0.3 is 19.7 Å². The summed E-state index contributed by atoms with van der Waals surface area (Å²) in [5, 5.41) is 2.91. The molecule has 0 radical (unpaired) electrons. The molecule has 0 aliphatic carbocycles. The molecule has 0 unspecified atom stereocenters. The maximum absolute atomic E-state index is 12.6. The third-order valence-corrected chi connectivity index (χ3v) is 4.27. The molecule has 2 aromatic rings. The Morgan fingerprint density at radius 3 is 2.79 bits per heavy atom. The quantitative estimate of drug-likeness (QED) is 0.814. The molecule has 1 aliphatic rings. The molecule has 1 aromatic carbocycles. The number of benzene rings is 1. The molecule has 6 nitrogen and oxygen atoms in total. The van der Waals surface area contributed by atoms with Gasteiger partial charge in [0.2, 0.25) is 5.91 Å². The van der Waals surface area contributed by atoms with E-state index in [0.29, 0.717) is 12.3 Å². The molecule has 1 fully saturated rings. The number of amides is 1. The van der Waals surface area contributed by atoms with E-state index in [-0.39, 0.29) is 24.3 Å². The lowest BCUT2D eigenvalue weighted by Crippen LogP contribution is -2.38. The van der Waals surface area contributed by atoms with Gasteiger partial charge in [-0.3, -0.25) is 4.79 Å². The minimum Gasteiger partial charge on any atom is -0.456 e. The Morgan fingerprint density at radius 2 is 2.11 bits per heavy atom. The first-order valence-electron chi connectivity index (χ1n) is 8.69. The van der Waals surface area contributed by atoms with Gasteiger partial charge >= 0.3 is 6.18 Å². The molecule has 2 heterocycles. The Hall–Kier alpha value is -2.81. The van der Waals surface area contributed by atoms with Crippen molar-refractivity contribution >= 4 is 11.6 Å². The standard InChI is InChI=1S/C19H20F3N3O3/c1-27-12-18(26)24-13-7-8-25(11-13)14-3-2-4-15(9-14)28-16-5-6-17(23-10-16)19(20,21)22/h2-6,9-10,13H,7-8,11-12H2,1H3,(H,24,26)/t13-/m0/s1. The second kappa shape index (κ2) is 8.47. The minimum atomic E-state index is -4.48. The molecule has 1 atom stereocenters. The zero-order chi connectivity index (χ0) is 20.1. The highest BCUT2D eigenvalue weighted by Crippen LogP contribution is 2.31. The van der Waals surface area contributed by atoms with E-state index in [9.17, 15) is 18.0 Å². The summed E-state index contributed by atoms with van der Waals surface area (Å²) < 4.78 is 48.2. The molecule has 1 aromatic heterocycles. The van der Waals surface area contributed by atoms with Crippen LogP contribution in [0.2, 0.25) is 0 Å². The number of hydrogen-bond donors (Lipinski definition) is 1. The lowest BCUT2D eigenvalue weighted by molar-refractivity contribution is -0.141. The SMILES string of the molecule is COCC(=O)N[C@H]1CCN(c2cccc(Oc3ccc(C(F)(F)F)nc3)c2)C1. The Balaban J connectivity index is 1.62. The Bertz CT molecular complexity index is 812. The van der Waals surface area contributed by atoms with E-state index in [4.69, 9.17) is 9.47 Å². The number of ether oxygens (including phenoxy) is 2. The number of hydrogen-bond acceptors (Lipinski definition) is 5. The lowest BCUT2D eigenvalue weighted by atomic mass is 10.2. The maximum atomic E-state index is 12.6. The molecule has 150 valence electrons. The fraction of sp³-hybridized carbons (Fsp3) is 0.368. The van der Waals surface area contributed by atoms with Gasteiger partial charge in [-0.1, -0.05) is 6.07 Å². The normalized spacial score (nSPS) is 16.9. The van der Waals surface area contributed by atoms with Crippen molar-refractivity contribution in [3.05, 3.63) is 48.3 Å². The van der Waals surface area contributed by atoms with Crippen LogP contribution in [0.15, 0.2) is 42.6 Å². The van der Waals surface area contributed by atoms with Crippen LogP contribution in [-0.2, 0) is 15.7 Å². The van der Waals surface area contributed by atoms with E-state index in [2.05, 4.69) is 15.2 Å². The summed E-state index contributed by atoms with van der Waals surface area (Å²) in [5.74, 6) is 0.559. The summed E-state index contributed by atoms with van der Waals surface area (Å²) in [7, 11) is 1.47. The molecule has 1 N–H and O–H groups in total. The second-order valence-electron chi connectivity index (χ2n) is 6.41. The summed E-state index contributed by atoms with van der Waals surface area (Å²) in [6.45, 7) is 1.45. The fourth-order valence-corrected chi connectivity index (χ4v) is 3.00. The van der Waals surface area contributed by atoms with Crippen LogP contribution in [0.25, 0.3) is 0 Å². The van der Waals surface area contributed by atoms with Gasteiger partial charge in [0.15, 0.2) is 0 Å². The lowest BCUT2D eigenvalue weighted by Gasteiger charge is -2.20. The van der Waals surface area contributed by atoms with E-state index in [1.807, 2.05) is 6.07 Å². The van der Waals surface area contributed by atoms with Crippen molar-refractivity contribution in [1.82, 2.24) is 10.3 Å². The molecule has 9 heteroatoms. The van der Waals surface area contributed by atoms with Crippen LogP contribution in [0, 0.1) is 0 Å². The van der Waals surface area contributed by atoms with Crippen molar-refractivity contribution in [2.75, 3.05) is 31.7 Å². The van der Waals surface area contributed by atoms with Crippen molar-refractivity contribution < 1.29 is 27.4 Å². The van der Waals surface area contributed by atoms with Crippen LogP contribution in [0.3, 0.4) is 0 Å². The first-order valence-corrected chi connectivity index (χ1v) is 8.69. The van der Waals surface area contributed by atoms with Crippen molar-refractivity contribution in [2.45, 2.75) is 18.6 Å². The van der Waals surface area contributed by atoms with Gasteiger partial charge in [-0.25, -0.2) is 4.98 Å².